The number of hydrogen-bond donors (Lipinski definition) is 1. The lowest BCUT2D eigenvalue weighted by Crippen LogP contribution is -2.27. The summed E-state index contributed by atoms with van der Waals surface area (Å²) in [5.74, 6) is 1.80. The van der Waals surface area contributed by atoms with Crippen molar-refractivity contribution in [3.63, 3.8) is 0 Å². The van der Waals surface area contributed by atoms with Gasteiger partial charge in [0.05, 0.1) is 52.1 Å². The van der Waals surface area contributed by atoms with Gasteiger partial charge in [0.25, 0.3) is 0 Å². The summed E-state index contributed by atoms with van der Waals surface area (Å²) in [6, 6.07) is 13.8. The smallest absolute Gasteiger partial charge is 0.205 e. The van der Waals surface area contributed by atoms with E-state index in [0.29, 0.717) is 80.0 Å². The van der Waals surface area contributed by atoms with Crippen molar-refractivity contribution in [2.24, 2.45) is 0 Å². The third kappa shape index (κ3) is 12.0. The molecule has 0 aliphatic heterocycles. The number of sulfone groups is 2. The minimum Gasteiger partial charge on any atom is -0.494 e. The zero-order valence-corrected chi connectivity index (χ0v) is 45.1. The van der Waals surface area contributed by atoms with Crippen LogP contribution in [0.2, 0.25) is 0 Å². The predicted molar refractivity (Wildman–Crippen MR) is 282 cm³/mol. The zero-order valence-electron chi connectivity index (χ0n) is 43.5. The number of ether oxygens (including phenoxy) is 4. The molecule has 0 aliphatic carbocycles. The van der Waals surface area contributed by atoms with Gasteiger partial charge < -0.3 is 24.1 Å². The SMILES string of the molecule is COc1cccc(OC)c1-n1c(CS(=O)(=O)[C@@H](C)[C@H](C)c2ncc(C)cn2)nnc1-c1cncc(CO)c1.[C-]#[N+]c1cncc(-c2nnc(CS(=O)(=O)[C@@H](C)[C@H](C)c3ncc(C)cn3)n2-c2c(OC)cccc2OC)c1. The molecule has 0 bridgehead atoms. The highest BCUT2D eigenvalue weighted by Crippen LogP contribution is 2.39. The summed E-state index contributed by atoms with van der Waals surface area (Å²) in [7, 11) is -1.50. The number of nitrogens with zero attached hydrogens (tertiary/aromatic N) is 13. The summed E-state index contributed by atoms with van der Waals surface area (Å²) in [6.45, 7) is 17.7. The van der Waals surface area contributed by atoms with Crippen molar-refractivity contribution in [2.75, 3.05) is 28.4 Å². The van der Waals surface area contributed by atoms with Gasteiger partial charge in [-0.25, -0.2) is 41.6 Å². The third-order valence-electron chi connectivity index (χ3n) is 12.7. The lowest BCUT2D eigenvalue weighted by atomic mass is 10.1. The molecule has 0 unspecified atom stereocenters. The molecule has 0 fully saturated rings. The van der Waals surface area contributed by atoms with Crippen molar-refractivity contribution in [2.45, 2.75) is 82.0 Å². The number of pyridine rings is 2. The fraction of sp³-hybridized carbons (Fsp3) is 0.327. The summed E-state index contributed by atoms with van der Waals surface area (Å²) in [5.41, 5.74) is 4.55. The van der Waals surface area contributed by atoms with Gasteiger partial charge >= 0.3 is 0 Å². The number of aliphatic hydroxyl groups excluding tert-OH is 1. The Morgan fingerprint density at radius 3 is 1.32 bits per heavy atom. The second-order valence-electron chi connectivity index (χ2n) is 17.7. The maximum atomic E-state index is 13.7. The molecule has 0 saturated heterocycles. The first-order chi connectivity index (χ1) is 36.4. The molecule has 8 rings (SSSR count). The van der Waals surface area contributed by atoms with Crippen LogP contribution < -0.4 is 18.9 Å². The molecule has 0 amide bonds. The molecule has 76 heavy (non-hydrogen) atoms. The number of hydrogen-bond acceptors (Lipinski definition) is 19. The Morgan fingerprint density at radius 1 is 0.566 bits per heavy atom. The van der Waals surface area contributed by atoms with Crippen molar-refractivity contribution in [1.29, 1.82) is 0 Å². The molecule has 2 aromatic carbocycles. The number of rotatable bonds is 19. The molecule has 0 saturated carbocycles. The molecule has 8 aromatic rings. The van der Waals surface area contributed by atoms with Crippen LogP contribution in [0.25, 0.3) is 39.0 Å². The maximum absolute atomic E-state index is 13.7. The van der Waals surface area contributed by atoms with E-state index in [1.165, 1.54) is 47.0 Å². The Kier molecular flexibility index (Phi) is 17.5. The molecular weight excluding hydrogens is 1010 g/mol. The van der Waals surface area contributed by atoms with Crippen LogP contribution in [0.4, 0.5) is 5.69 Å². The van der Waals surface area contributed by atoms with E-state index in [4.69, 9.17) is 25.5 Å². The van der Waals surface area contributed by atoms with E-state index in [1.54, 1.807) is 116 Å². The van der Waals surface area contributed by atoms with E-state index >= 15 is 0 Å². The minimum atomic E-state index is -3.77. The van der Waals surface area contributed by atoms with Gasteiger partial charge in [0, 0.05) is 72.5 Å². The van der Waals surface area contributed by atoms with Gasteiger partial charge in [-0.1, -0.05) is 26.0 Å². The largest absolute Gasteiger partial charge is 0.494 e. The number of methoxy groups -OCH3 is 4. The molecular formula is C52H57N13O9S2. The summed E-state index contributed by atoms with van der Waals surface area (Å²) >= 11 is 0. The van der Waals surface area contributed by atoms with Crippen LogP contribution >= 0.6 is 0 Å². The number of aryl methyl sites for hydroxylation is 2. The summed E-state index contributed by atoms with van der Waals surface area (Å²) in [6.07, 6.45) is 12.7. The van der Waals surface area contributed by atoms with E-state index in [-0.39, 0.29) is 18.3 Å². The molecule has 0 spiro atoms. The van der Waals surface area contributed by atoms with Gasteiger partial charge in [-0.15, -0.1) is 20.4 Å². The summed E-state index contributed by atoms with van der Waals surface area (Å²) in [4.78, 5) is 29.0. The molecule has 4 atom stereocenters. The highest BCUT2D eigenvalue weighted by molar-refractivity contribution is 7.91. The van der Waals surface area contributed by atoms with Crippen LogP contribution in [-0.4, -0.2) is 120 Å². The van der Waals surface area contributed by atoms with E-state index in [2.05, 4.69) is 55.1 Å². The Labute approximate surface area is 440 Å². The molecule has 6 aromatic heterocycles. The highest BCUT2D eigenvalue weighted by Gasteiger charge is 2.35. The fourth-order valence-corrected chi connectivity index (χ4v) is 11.1. The average molecular weight is 1070 g/mol. The topological polar surface area (TPSA) is 269 Å². The van der Waals surface area contributed by atoms with Crippen LogP contribution in [0.15, 0.2) is 98.1 Å². The van der Waals surface area contributed by atoms with Crippen LogP contribution in [0.3, 0.4) is 0 Å². The fourth-order valence-electron chi connectivity index (χ4n) is 8.02. The maximum Gasteiger partial charge on any atom is 0.205 e. The van der Waals surface area contributed by atoms with Crippen LogP contribution in [-0.2, 0) is 37.8 Å². The first-order valence-corrected chi connectivity index (χ1v) is 27.0. The Bertz CT molecular complexity index is 3540. The Hall–Kier alpha value is -8.27. The Morgan fingerprint density at radius 2 is 0.947 bits per heavy atom. The number of para-hydroxylation sites is 2. The first-order valence-electron chi connectivity index (χ1n) is 23.6. The van der Waals surface area contributed by atoms with Crippen LogP contribution in [0.5, 0.6) is 23.0 Å². The van der Waals surface area contributed by atoms with E-state index in [0.717, 1.165) is 11.1 Å². The lowest BCUT2D eigenvalue weighted by Gasteiger charge is -2.20. The van der Waals surface area contributed by atoms with Gasteiger partial charge in [-0.05, 0) is 80.8 Å². The van der Waals surface area contributed by atoms with Gasteiger partial charge in [0.15, 0.2) is 43.0 Å². The lowest BCUT2D eigenvalue weighted by molar-refractivity contribution is 0.281. The summed E-state index contributed by atoms with van der Waals surface area (Å²) in [5, 5.41) is 25.2. The molecule has 6 heterocycles. The summed E-state index contributed by atoms with van der Waals surface area (Å²) < 4.78 is 80.3. The van der Waals surface area contributed by atoms with Crippen LogP contribution in [0.1, 0.15) is 79.5 Å². The standard InChI is InChI=1S/C26H27N7O4S.C26H30N6O5S/c1-16-11-29-25(30-12-16)17(2)18(3)38(34,35)15-23-31-32-26(19-10-20(27-4)14-28-13-19)33(23)24-21(36-5)8-7-9-22(24)37-6;1-16-10-28-25(29-11-16)17(2)18(3)38(34,35)15-23-30-31-26(20-9-19(14-33)12-27-13-20)32(23)24-21(36-4)7-6-8-22(24)37-5/h7-14,17-18H,15H2,1-3,5-6H3;6-13,17-18,33H,14-15H2,1-5H3/t2*17-,18-/m00/s1. The zero-order chi connectivity index (χ0) is 54.9. The van der Waals surface area contributed by atoms with Crippen molar-refractivity contribution >= 4 is 25.4 Å². The van der Waals surface area contributed by atoms with Gasteiger partial charge in [-0.3, -0.25) is 19.1 Å². The van der Waals surface area contributed by atoms with Crippen molar-refractivity contribution < 1.29 is 40.9 Å². The quantitative estimate of drug-likeness (QED) is 0.0788. The second-order valence-corrected chi connectivity index (χ2v) is 22.4. The molecule has 24 heteroatoms. The minimum absolute atomic E-state index is 0.153. The van der Waals surface area contributed by atoms with Gasteiger partial charge in [-0.2, -0.15) is 0 Å². The van der Waals surface area contributed by atoms with Gasteiger partial charge in [0.1, 0.15) is 57.5 Å². The monoisotopic (exact) mass is 1070 g/mol. The van der Waals surface area contributed by atoms with E-state index in [1.807, 2.05) is 13.8 Å². The number of aliphatic hydroxyl groups is 1. The van der Waals surface area contributed by atoms with E-state index < -0.39 is 53.5 Å². The number of benzene rings is 2. The average Bonchev–Trinajstić information content (AvgIpc) is 4.07. The van der Waals surface area contributed by atoms with Crippen molar-refractivity contribution in [1.82, 2.24) is 59.4 Å². The molecule has 22 nitrogen and oxygen atoms in total. The second kappa shape index (κ2) is 23.9. The normalized spacial score (nSPS) is 13.1. The third-order valence-corrected chi connectivity index (χ3v) is 17.1. The van der Waals surface area contributed by atoms with Gasteiger partial charge in [0.2, 0.25) is 5.69 Å². The van der Waals surface area contributed by atoms with Crippen LogP contribution in [0, 0.1) is 20.4 Å². The highest BCUT2D eigenvalue weighted by atomic mass is 32.2. The predicted octanol–water partition coefficient (Wildman–Crippen LogP) is 7.15. The Balaban J connectivity index is 0.000000221. The van der Waals surface area contributed by atoms with Crippen molar-refractivity contribution in [3.8, 4) is 57.1 Å². The molecule has 1 N–H and O–H groups in total. The number of aromatic nitrogens is 12. The molecule has 0 aliphatic rings. The first kappa shape index (κ1) is 55.5. The van der Waals surface area contributed by atoms with E-state index in [9.17, 15) is 21.9 Å². The molecule has 396 valence electrons. The molecule has 0 radical (unpaired) electrons. The van der Waals surface area contributed by atoms with Crippen molar-refractivity contribution in [3.05, 3.63) is 150 Å².